The van der Waals surface area contributed by atoms with Gasteiger partial charge in [-0.1, -0.05) is 42.2 Å². The maximum atomic E-state index is 13.0. The summed E-state index contributed by atoms with van der Waals surface area (Å²) in [4.78, 5) is 0. The van der Waals surface area contributed by atoms with E-state index in [0.717, 1.165) is 6.07 Å². The summed E-state index contributed by atoms with van der Waals surface area (Å²) in [5, 5.41) is 19.0. The number of ether oxygens (including phenoxy) is 1. The Morgan fingerprint density at radius 1 is 0.926 bits per heavy atom. The van der Waals surface area contributed by atoms with Gasteiger partial charge >= 0.3 is 6.18 Å². The molecule has 3 nitrogen and oxygen atoms in total. The Hall–Kier alpha value is -3.43. The van der Waals surface area contributed by atoms with E-state index in [9.17, 15) is 23.7 Å². The highest BCUT2D eigenvalue weighted by atomic mass is 19.4. The second-order valence-electron chi connectivity index (χ2n) is 5.72. The van der Waals surface area contributed by atoms with Crippen molar-refractivity contribution in [3.8, 4) is 29.7 Å². The Kier molecular flexibility index (Phi) is 6.11. The largest absolute Gasteiger partial charge is 0.497 e. The van der Waals surface area contributed by atoms with Crippen molar-refractivity contribution in [2.24, 2.45) is 0 Å². The lowest BCUT2D eigenvalue weighted by Gasteiger charge is -2.16. The summed E-state index contributed by atoms with van der Waals surface area (Å²) in [6.07, 6.45) is -4.68. The molecule has 0 heterocycles. The zero-order valence-corrected chi connectivity index (χ0v) is 14.5. The van der Waals surface area contributed by atoms with Crippen molar-refractivity contribution < 1.29 is 17.9 Å². The predicted octanol–water partition coefficient (Wildman–Crippen LogP) is 4.64. The first-order chi connectivity index (χ1) is 12.9. The third kappa shape index (κ3) is 4.60. The van der Waals surface area contributed by atoms with Crippen molar-refractivity contribution in [3.05, 3.63) is 65.2 Å². The molecule has 27 heavy (non-hydrogen) atoms. The molecule has 0 amide bonds. The predicted molar refractivity (Wildman–Crippen MR) is 93.4 cm³/mol. The fourth-order valence-corrected chi connectivity index (χ4v) is 2.51. The molecule has 0 aliphatic carbocycles. The van der Waals surface area contributed by atoms with Crippen LogP contribution in [0, 0.1) is 34.5 Å². The zero-order valence-electron chi connectivity index (χ0n) is 14.5. The monoisotopic (exact) mass is 368 g/mol. The average molecular weight is 368 g/mol. The van der Waals surface area contributed by atoms with E-state index >= 15 is 0 Å². The molecule has 0 aliphatic heterocycles. The number of alkyl halides is 3. The van der Waals surface area contributed by atoms with Gasteiger partial charge in [-0.05, 0) is 29.3 Å². The van der Waals surface area contributed by atoms with Crippen LogP contribution in [0.3, 0.4) is 0 Å². The number of halogens is 3. The molecule has 0 atom stereocenters. The highest BCUT2D eigenvalue weighted by Gasteiger charge is 2.33. The van der Waals surface area contributed by atoms with Crippen LogP contribution < -0.4 is 4.74 Å². The normalized spacial score (nSPS) is 10.9. The Morgan fingerprint density at radius 3 is 2.11 bits per heavy atom. The molecule has 0 bridgehead atoms. The lowest BCUT2D eigenvalue weighted by atomic mass is 9.80. The van der Waals surface area contributed by atoms with Gasteiger partial charge in [0.25, 0.3) is 0 Å². The van der Waals surface area contributed by atoms with Gasteiger partial charge in [0.15, 0.2) is 5.41 Å². The smallest absolute Gasteiger partial charge is 0.416 e. The second-order valence-corrected chi connectivity index (χ2v) is 5.72. The van der Waals surface area contributed by atoms with Crippen molar-refractivity contribution in [2.45, 2.75) is 24.4 Å². The molecule has 0 spiro atoms. The molecule has 0 saturated heterocycles. The second kappa shape index (κ2) is 8.30. The van der Waals surface area contributed by atoms with E-state index in [1.807, 2.05) is 12.1 Å². The quantitative estimate of drug-likeness (QED) is 0.739. The van der Waals surface area contributed by atoms with Gasteiger partial charge in [0.1, 0.15) is 5.75 Å². The van der Waals surface area contributed by atoms with Crippen LogP contribution in [0.25, 0.3) is 0 Å². The van der Waals surface area contributed by atoms with Crippen LogP contribution in [-0.2, 0) is 18.0 Å². The Labute approximate surface area is 155 Å². The minimum Gasteiger partial charge on any atom is -0.497 e. The minimum atomic E-state index is -4.45. The standard InChI is InChI=1S/C21H15F3N2O/c1-27-18-11-9-17(10-12-18)20(14-25,15-26)13-5-4-7-16-6-2-3-8-19(16)21(22,23)24/h2-3,6,8-12H,7,13H2,1H3. The summed E-state index contributed by atoms with van der Waals surface area (Å²) in [5.41, 5.74) is -1.72. The summed E-state index contributed by atoms with van der Waals surface area (Å²) < 4.78 is 44.0. The summed E-state index contributed by atoms with van der Waals surface area (Å²) >= 11 is 0. The maximum Gasteiger partial charge on any atom is 0.416 e. The van der Waals surface area contributed by atoms with Crippen molar-refractivity contribution >= 4 is 0 Å². The van der Waals surface area contributed by atoms with E-state index in [2.05, 4.69) is 11.8 Å². The Balaban J connectivity index is 2.22. The third-order valence-corrected chi connectivity index (χ3v) is 4.04. The Bertz CT molecular complexity index is 925. The average Bonchev–Trinajstić information content (AvgIpc) is 2.68. The molecule has 0 aliphatic rings. The molecule has 6 heteroatoms. The van der Waals surface area contributed by atoms with Crippen molar-refractivity contribution in [1.82, 2.24) is 0 Å². The van der Waals surface area contributed by atoms with Crippen LogP contribution in [0.2, 0.25) is 0 Å². The van der Waals surface area contributed by atoms with E-state index in [1.54, 1.807) is 24.3 Å². The summed E-state index contributed by atoms with van der Waals surface area (Å²) in [6, 6.07) is 15.6. The van der Waals surface area contributed by atoms with E-state index < -0.39 is 17.2 Å². The third-order valence-electron chi connectivity index (χ3n) is 4.04. The number of hydrogen-bond donors (Lipinski definition) is 0. The Morgan fingerprint density at radius 2 is 1.56 bits per heavy atom. The van der Waals surface area contributed by atoms with Gasteiger partial charge in [0.05, 0.1) is 24.8 Å². The molecular weight excluding hydrogens is 353 g/mol. The van der Waals surface area contributed by atoms with Crippen LogP contribution in [0.15, 0.2) is 48.5 Å². The van der Waals surface area contributed by atoms with Gasteiger partial charge in [0, 0.05) is 12.8 Å². The van der Waals surface area contributed by atoms with E-state index in [-0.39, 0.29) is 18.4 Å². The molecule has 2 aromatic rings. The molecule has 2 aromatic carbocycles. The number of rotatable bonds is 4. The van der Waals surface area contributed by atoms with Crippen LogP contribution in [0.1, 0.15) is 23.1 Å². The van der Waals surface area contributed by atoms with E-state index in [1.165, 1.54) is 25.3 Å². The molecule has 2 rings (SSSR count). The van der Waals surface area contributed by atoms with Gasteiger partial charge in [-0.15, -0.1) is 0 Å². The highest BCUT2D eigenvalue weighted by molar-refractivity contribution is 5.44. The highest BCUT2D eigenvalue weighted by Crippen LogP contribution is 2.32. The number of methoxy groups -OCH3 is 1. The fourth-order valence-electron chi connectivity index (χ4n) is 2.51. The summed E-state index contributed by atoms with van der Waals surface area (Å²) in [7, 11) is 1.50. The molecule has 0 N–H and O–H groups in total. The van der Waals surface area contributed by atoms with Crippen molar-refractivity contribution in [2.75, 3.05) is 7.11 Å². The molecule has 0 aromatic heterocycles. The van der Waals surface area contributed by atoms with Gasteiger partial charge in [-0.2, -0.15) is 23.7 Å². The zero-order chi connectivity index (χ0) is 19.9. The number of benzene rings is 2. The molecule has 0 radical (unpaired) electrons. The molecule has 0 saturated carbocycles. The molecule has 136 valence electrons. The molecule has 0 unspecified atom stereocenters. The first-order valence-electron chi connectivity index (χ1n) is 7.94. The van der Waals surface area contributed by atoms with E-state index in [4.69, 9.17) is 4.74 Å². The molecular formula is C21H15F3N2O. The number of hydrogen-bond acceptors (Lipinski definition) is 3. The first-order valence-corrected chi connectivity index (χ1v) is 7.94. The summed E-state index contributed by atoms with van der Waals surface area (Å²) in [5.74, 6) is 5.92. The van der Waals surface area contributed by atoms with Crippen LogP contribution >= 0.6 is 0 Å². The first kappa shape index (κ1) is 19.9. The lowest BCUT2D eigenvalue weighted by molar-refractivity contribution is -0.138. The van der Waals surface area contributed by atoms with Gasteiger partial charge in [-0.25, -0.2) is 0 Å². The fraction of sp³-hybridized carbons (Fsp3) is 0.238. The minimum absolute atomic E-state index is 0.0569. The lowest BCUT2D eigenvalue weighted by Crippen LogP contribution is -2.21. The van der Waals surface area contributed by atoms with Gasteiger partial charge in [0.2, 0.25) is 0 Å². The van der Waals surface area contributed by atoms with E-state index in [0.29, 0.717) is 11.3 Å². The van der Waals surface area contributed by atoms with Crippen molar-refractivity contribution in [1.29, 1.82) is 10.5 Å². The molecule has 0 fully saturated rings. The SMILES string of the molecule is COc1ccc(C(C#N)(C#N)CC#CCc2ccccc2C(F)(F)F)cc1. The topological polar surface area (TPSA) is 56.8 Å². The maximum absolute atomic E-state index is 13.0. The van der Waals surface area contributed by atoms with Crippen LogP contribution in [0.4, 0.5) is 13.2 Å². The van der Waals surface area contributed by atoms with Gasteiger partial charge in [-0.3, -0.25) is 0 Å². The van der Waals surface area contributed by atoms with Crippen LogP contribution in [-0.4, -0.2) is 7.11 Å². The summed E-state index contributed by atoms with van der Waals surface area (Å²) in [6.45, 7) is 0. The number of nitriles is 2. The van der Waals surface area contributed by atoms with Crippen molar-refractivity contribution in [3.63, 3.8) is 0 Å². The van der Waals surface area contributed by atoms with Crippen LogP contribution in [0.5, 0.6) is 5.75 Å². The number of nitrogens with zero attached hydrogens (tertiary/aromatic N) is 2. The van der Waals surface area contributed by atoms with Gasteiger partial charge < -0.3 is 4.74 Å².